The van der Waals surface area contributed by atoms with E-state index in [2.05, 4.69) is 17.6 Å². The van der Waals surface area contributed by atoms with Gasteiger partial charge in [0.05, 0.1) is 11.6 Å². The van der Waals surface area contributed by atoms with E-state index in [1.165, 1.54) is 0 Å². The summed E-state index contributed by atoms with van der Waals surface area (Å²) in [6.45, 7) is 9.52. The van der Waals surface area contributed by atoms with E-state index >= 15 is 0 Å². The van der Waals surface area contributed by atoms with Crippen molar-refractivity contribution in [3.8, 4) is 0 Å². The predicted octanol–water partition coefficient (Wildman–Crippen LogP) is 2.90. The van der Waals surface area contributed by atoms with Gasteiger partial charge in [-0.3, -0.25) is 0 Å². The highest BCUT2D eigenvalue weighted by molar-refractivity contribution is 5.50. The first-order chi connectivity index (χ1) is 6.97. The molecular weight excluding hydrogens is 186 g/mol. The van der Waals surface area contributed by atoms with Crippen LogP contribution in [0.15, 0.2) is 46.5 Å². The van der Waals surface area contributed by atoms with Gasteiger partial charge in [0.25, 0.3) is 0 Å². The first kappa shape index (κ1) is 11.3. The van der Waals surface area contributed by atoms with Gasteiger partial charge >= 0.3 is 0 Å². The van der Waals surface area contributed by atoms with E-state index < -0.39 is 5.54 Å². The van der Waals surface area contributed by atoms with E-state index in [0.717, 1.165) is 16.7 Å². The van der Waals surface area contributed by atoms with Crippen LogP contribution < -0.4 is 0 Å². The van der Waals surface area contributed by atoms with Gasteiger partial charge in [0.2, 0.25) is 6.08 Å². The molecule has 0 amide bonds. The summed E-state index contributed by atoms with van der Waals surface area (Å²) >= 11 is 0. The Balaban J connectivity index is 3.10. The maximum Gasteiger partial charge on any atom is 0.235 e. The molecule has 0 atom stereocenters. The quantitative estimate of drug-likeness (QED) is 0.391. The SMILES string of the molecule is C=C(C)C1=[C+]C=CC(C(C)(C)N=C=O)=C1. The zero-order chi connectivity index (χ0) is 11.5. The van der Waals surface area contributed by atoms with Gasteiger partial charge in [-0.1, -0.05) is 6.58 Å². The first-order valence-corrected chi connectivity index (χ1v) is 4.74. The van der Waals surface area contributed by atoms with Crippen molar-refractivity contribution in [2.45, 2.75) is 26.3 Å². The molecule has 1 aliphatic rings. The molecule has 0 bridgehead atoms. The maximum absolute atomic E-state index is 10.3. The van der Waals surface area contributed by atoms with E-state index in [9.17, 15) is 4.79 Å². The lowest BCUT2D eigenvalue weighted by atomic mass is 9.89. The molecule has 0 aromatic rings. The van der Waals surface area contributed by atoms with Crippen molar-refractivity contribution in [1.82, 2.24) is 0 Å². The molecule has 0 N–H and O–H groups in total. The predicted molar refractivity (Wildman–Crippen MR) is 61.0 cm³/mol. The van der Waals surface area contributed by atoms with Crippen molar-refractivity contribution in [3.63, 3.8) is 0 Å². The fourth-order valence-electron chi connectivity index (χ4n) is 1.27. The lowest BCUT2D eigenvalue weighted by Crippen LogP contribution is -2.19. The van der Waals surface area contributed by atoms with E-state index in [-0.39, 0.29) is 0 Å². The van der Waals surface area contributed by atoms with Crippen molar-refractivity contribution >= 4 is 6.08 Å². The fraction of sp³-hybridized carbons (Fsp3) is 0.308. The summed E-state index contributed by atoms with van der Waals surface area (Å²) < 4.78 is 0. The first-order valence-electron chi connectivity index (χ1n) is 4.74. The Morgan fingerprint density at radius 2 is 2.27 bits per heavy atom. The molecule has 0 saturated heterocycles. The zero-order valence-corrected chi connectivity index (χ0v) is 9.29. The van der Waals surface area contributed by atoms with Gasteiger partial charge in [-0.15, -0.1) is 0 Å². The van der Waals surface area contributed by atoms with Crippen molar-refractivity contribution < 1.29 is 4.79 Å². The van der Waals surface area contributed by atoms with E-state index in [4.69, 9.17) is 0 Å². The highest BCUT2D eigenvalue weighted by Gasteiger charge is 2.26. The molecule has 0 aromatic heterocycles. The molecule has 1 aliphatic carbocycles. The number of nitrogens with zero attached hydrogens (tertiary/aromatic N) is 1. The molecule has 0 unspecified atom stereocenters. The molecule has 76 valence electrons. The van der Waals surface area contributed by atoms with Crippen molar-refractivity contribution in [3.05, 3.63) is 47.6 Å². The smallest absolute Gasteiger partial charge is 0.211 e. The molecule has 0 aliphatic heterocycles. The van der Waals surface area contributed by atoms with Gasteiger partial charge < -0.3 is 0 Å². The summed E-state index contributed by atoms with van der Waals surface area (Å²) in [5.41, 5.74) is 2.31. The second-order valence-corrected chi connectivity index (χ2v) is 4.03. The molecule has 2 heteroatoms. The minimum absolute atomic E-state index is 0.541. The van der Waals surface area contributed by atoms with Gasteiger partial charge in [-0.2, -0.15) is 4.99 Å². The van der Waals surface area contributed by atoms with Crippen molar-refractivity contribution in [2.24, 2.45) is 4.99 Å². The van der Waals surface area contributed by atoms with Crippen LogP contribution in [0.25, 0.3) is 0 Å². The average molecular weight is 200 g/mol. The Morgan fingerprint density at radius 3 is 2.80 bits per heavy atom. The van der Waals surface area contributed by atoms with Gasteiger partial charge in [-0.05, 0) is 20.8 Å². The van der Waals surface area contributed by atoms with Crippen molar-refractivity contribution in [2.75, 3.05) is 0 Å². The Labute approximate surface area is 90.4 Å². The van der Waals surface area contributed by atoms with Crippen LogP contribution in [0.5, 0.6) is 0 Å². The summed E-state index contributed by atoms with van der Waals surface area (Å²) in [7, 11) is 0. The standard InChI is InChI=1S/C13H14NO/c1-10(2)11-6-5-7-12(8-11)13(3,4)14-9-15/h5,7-8H,1H2,2-4H3/q+1. The number of carbonyl (C=O) groups excluding carboxylic acids is 1. The summed E-state index contributed by atoms with van der Waals surface area (Å²) in [4.78, 5) is 14.1. The second kappa shape index (κ2) is 4.18. The van der Waals surface area contributed by atoms with Crippen LogP contribution in [0.3, 0.4) is 0 Å². The van der Waals surface area contributed by atoms with Gasteiger partial charge in [0, 0.05) is 23.8 Å². The molecule has 0 spiro atoms. The van der Waals surface area contributed by atoms with Gasteiger partial charge in [0.15, 0.2) is 0 Å². The topological polar surface area (TPSA) is 29.4 Å². The summed E-state index contributed by atoms with van der Waals surface area (Å²) in [6.07, 6.45) is 10.3. The Hall–Kier alpha value is -1.75. The molecule has 0 aromatic carbocycles. The number of isocyanates is 1. The molecule has 0 fully saturated rings. The number of rotatable bonds is 3. The maximum atomic E-state index is 10.3. The monoisotopic (exact) mass is 200 g/mol. The van der Waals surface area contributed by atoms with E-state index in [1.807, 2.05) is 39.0 Å². The average Bonchev–Trinajstić information content (AvgIpc) is 2.18. The zero-order valence-electron chi connectivity index (χ0n) is 9.29. The third-order valence-corrected chi connectivity index (χ3v) is 2.29. The Bertz CT molecular complexity index is 416. The van der Waals surface area contributed by atoms with Crippen LogP contribution in [-0.2, 0) is 4.79 Å². The normalized spacial score (nSPS) is 14.6. The minimum Gasteiger partial charge on any atom is -0.211 e. The van der Waals surface area contributed by atoms with Gasteiger partial charge in [0.1, 0.15) is 11.1 Å². The molecular formula is C13H14NO+. The lowest BCUT2D eigenvalue weighted by molar-refractivity contribution is 0.546. The summed E-state index contributed by atoms with van der Waals surface area (Å²) in [5, 5.41) is 0. The fourth-order valence-corrected chi connectivity index (χ4v) is 1.27. The second-order valence-electron chi connectivity index (χ2n) is 4.03. The molecule has 0 saturated carbocycles. The highest BCUT2D eigenvalue weighted by Crippen LogP contribution is 2.27. The molecule has 2 nitrogen and oxygen atoms in total. The molecule has 15 heavy (non-hydrogen) atoms. The van der Waals surface area contributed by atoms with Crippen LogP contribution in [0.2, 0.25) is 0 Å². The summed E-state index contributed by atoms with van der Waals surface area (Å²) in [5.74, 6) is 0. The van der Waals surface area contributed by atoms with Gasteiger partial charge in [-0.25, -0.2) is 4.79 Å². The Morgan fingerprint density at radius 1 is 1.60 bits per heavy atom. The van der Waals surface area contributed by atoms with Crippen LogP contribution in [0, 0.1) is 6.08 Å². The lowest BCUT2D eigenvalue weighted by Gasteiger charge is -2.16. The van der Waals surface area contributed by atoms with Crippen LogP contribution in [0.1, 0.15) is 20.8 Å². The summed E-state index contributed by atoms with van der Waals surface area (Å²) in [6, 6.07) is 0. The number of hydrogen-bond acceptors (Lipinski definition) is 2. The third-order valence-electron chi connectivity index (χ3n) is 2.29. The molecule has 0 heterocycles. The number of hydrogen-bond donors (Lipinski definition) is 0. The van der Waals surface area contributed by atoms with E-state index in [0.29, 0.717) is 0 Å². The largest absolute Gasteiger partial charge is 0.235 e. The van der Waals surface area contributed by atoms with Crippen LogP contribution in [0.4, 0.5) is 0 Å². The number of allylic oxidation sites excluding steroid dienone is 5. The van der Waals surface area contributed by atoms with E-state index in [1.54, 1.807) is 6.08 Å². The molecule has 0 radical (unpaired) electrons. The number of aliphatic imine (C=N–C) groups is 1. The molecule has 1 rings (SSSR count). The minimum atomic E-state index is -0.541. The van der Waals surface area contributed by atoms with Crippen LogP contribution in [-0.4, -0.2) is 11.6 Å². The Kier molecular flexibility index (Phi) is 3.16. The van der Waals surface area contributed by atoms with Crippen molar-refractivity contribution in [1.29, 1.82) is 0 Å². The third kappa shape index (κ3) is 2.60. The highest BCUT2D eigenvalue weighted by atomic mass is 16.1. The van der Waals surface area contributed by atoms with Crippen LogP contribution >= 0.6 is 0 Å².